The number of hydrogen-bond donors (Lipinski definition) is 2. The van der Waals surface area contributed by atoms with Crippen molar-refractivity contribution in [1.29, 1.82) is 0 Å². The molecule has 1 fully saturated rings. The molecule has 2 N–H and O–H groups in total. The molecular weight excluding hydrogens is 334 g/mol. The fourth-order valence-electron chi connectivity index (χ4n) is 2.64. The number of carbonyl (C=O) groups is 3. The van der Waals surface area contributed by atoms with Gasteiger partial charge in [-0.2, -0.15) is 0 Å². The average Bonchev–Trinajstić information content (AvgIpc) is 2.98. The van der Waals surface area contributed by atoms with E-state index in [2.05, 4.69) is 10.6 Å². The molecule has 1 aliphatic heterocycles. The van der Waals surface area contributed by atoms with Gasteiger partial charge in [-0.15, -0.1) is 0 Å². The summed E-state index contributed by atoms with van der Waals surface area (Å²) < 4.78 is 5.10. The van der Waals surface area contributed by atoms with Crippen LogP contribution in [0.1, 0.15) is 21.5 Å². The predicted molar refractivity (Wildman–Crippen MR) is 94.6 cm³/mol. The Bertz CT molecular complexity index is 817. The van der Waals surface area contributed by atoms with Crippen molar-refractivity contribution in [1.82, 2.24) is 15.5 Å². The first-order valence-corrected chi connectivity index (χ1v) is 8.15. The first kappa shape index (κ1) is 17.5. The van der Waals surface area contributed by atoms with Gasteiger partial charge in [0, 0.05) is 12.1 Å². The number of nitrogens with one attached hydrogen (secondary N) is 2. The van der Waals surface area contributed by atoms with Crippen LogP contribution in [0.5, 0.6) is 5.75 Å². The fraction of sp³-hybridized carbons (Fsp3) is 0.211. The van der Waals surface area contributed by atoms with E-state index in [0.29, 0.717) is 17.7 Å². The van der Waals surface area contributed by atoms with Crippen LogP contribution in [-0.2, 0) is 17.9 Å². The third-order valence-electron chi connectivity index (χ3n) is 4.08. The molecule has 1 aliphatic rings. The highest BCUT2D eigenvalue weighted by molar-refractivity contribution is 6.02. The van der Waals surface area contributed by atoms with E-state index in [-0.39, 0.29) is 24.9 Å². The second-order valence-corrected chi connectivity index (χ2v) is 5.87. The number of methoxy groups -OCH3 is 1. The molecule has 0 bridgehead atoms. The van der Waals surface area contributed by atoms with Gasteiger partial charge in [0.2, 0.25) is 5.91 Å². The summed E-state index contributed by atoms with van der Waals surface area (Å²) in [6.45, 7) is 0.547. The maximum atomic E-state index is 12.4. The summed E-state index contributed by atoms with van der Waals surface area (Å²) in [6.07, 6.45) is 0. The first-order chi connectivity index (χ1) is 12.6. The molecule has 7 heteroatoms. The van der Waals surface area contributed by atoms with Crippen molar-refractivity contribution in [3.63, 3.8) is 0 Å². The standard InChI is InChI=1S/C19H19N3O4/c1-26-16-7-5-13(6-8-16)10-20-18(24)15-4-2-3-14(9-15)12-22-17(23)11-21-19(22)25/h2-9H,10-12H2,1H3,(H,20,24)(H,21,25). The quantitative estimate of drug-likeness (QED) is 0.774. The van der Waals surface area contributed by atoms with Gasteiger partial charge in [-0.3, -0.25) is 14.5 Å². The highest BCUT2D eigenvalue weighted by atomic mass is 16.5. The van der Waals surface area contributed by atoms with E-state index >= 15 is 0 Å². The zero-order valence-corrected chi connectivity index (χ0v) is 14.3. The van der Waals surface area contributed by atoms with Gasteiger partial charge in [0.25, 0.3) is 5.91 Å². The minimum atomic E-state index is -0.413. The Labute approximate surface area is 150 Å². The lowest BCUT2D eigenvalue weighted by Gasteiger charge is -2.13. The van der Waals surface area contributed by atoms with E-state index in [1.165, 1.54) is 0 Å². The number of carbonyl (C=O) groups excluding carboxylic acids is 3. The number of imide groups is 1. The summed E-state index contributed by atoms with van der Waals surface area (Å²) in [6, 6.07) is 13.9. The summed E-state index contributed by atoms with van der Waals surface area (Å²) in [5, 5.41) is 5.32. The maximum Gasteiger partial charge on any atom is 0.324 e. The maximum absolute atomic E-state index is 12.4. The van der Waals surface area contributed by atoms with E-state index in [4.69, 9.17) is 4.74 Å². The molecule has 2 aromatic carbocycles. The molecule has 0 saturated carbocycles. The number of urea groups is 1. The minimum absolute atomic E-state index is 0.0148. The van der Waals surface area contributed by atoms with Crippen molar-refractivity contribution in [2.24, 2.45) is 0 Å². The van der Waals surface area contributed by atoms with Crippen molar-refractivity contribution in [3.8, 4) is 5.75 Å². The average molecular weight is 353 g/mol. The molecule has 0 aromatic heterocycles. The number of benzene rings is 2. The summed E-state index contributed by atoms with van der Waals surface area (Å²) in [5.74, 6) is 0.262. The summed E-state index contributed by atoms with van der Waals surface area (Å²) in [4.78, 5) is 36.8. The van der Waals surface area contributed by atoms with Crippen LogP contribution in [0.3, 0.4) is 0 Å². The Morgan fingerprint density at radius 1 is 1.15 bits per heavy atom. The minimum Gasteiger partial charge on any atom is -0.497 e. The summed E-state index contributed by atoms with van der Waals surface area (Å²) >= 11 is 0. The van der Waals surface area contributed by atoms with Crippen molar-refractivity contribution in [2.45, 2.75) is 13.1 Å². The van der Waals surface area contributed by atoms with Gasteiger partial charge in [0.1, 0.15) is 5.75 Å². The topological polar surface area (TPSA) is 87.7 Å². The summed E-state index contributed by atoms with van der Waals surface area (Å²) in [5.41, 5.74) is 2.14. The van der Waals surface area contributed by atoms with Crippen molar-refractivity contribution in [2.75, 3.05) is 13.7 Å². The third kappa shape index (κ3) is 4.00. The molecule has 3 rings (SSSR count). The van der Waals surface area contributed by atoms with Gasteiger partial charge in [0.05, 0.1) is 20.2 Å². The van der Waals surface area contributed by atoms with E-state index in [1.54, 1.807) is 31.4 Å². The Balaban J connectivity index is 1.62. The Hall–Kier alpha value is -3.35. The SMILES string of the molecule is COc1ccc(CNC(=O)c2cccc(CN3C(=O)CNC3=O)c2)cc1. The molecule has 0 atom stereocenters. The molecule has 0 spiro atoms. The highest BCUT2D eigenvalue weighted by Crippen LogP contribution is 2.13. The Morgan fingerprint density at radius 3 is 2.58 bits per heavy atom. The van der Waals surface area contributed by atoms with E-state index < -0.39 is 6.03 Å². The van der Waals surface area contributed by atoms with Crippen LogP contribution in [-0.4, -0.2) is 36.4 Å². The third-order valence-corrected chi connectivity index (χ3v) is 4.08. The Morgan fingerprint density at radius 2 is 1.92 bits per heavy atom. The lowest BCUT2D eigenvalue weighted by atomic mass is 10.1. The van der Waals surface area contributed by atoms with E-state index in [9.17, 15) is 14.4 Å². The fourth-order valence-corrected chi connectivity index (χ4v) is 2.64. The second-order valence-electron chi connectivity index (χ2n) is 5.87. The first-order valence-electron chi connectivity index (χ1n) is 8.15. The van der Waals surface area contributed by atoms with Crippen LogP contribution < -0.4 is 15.4 Å². The van der Waals surface area contributed by atoms with Gasteiger partial charge >= 0.3 is 6.03 Å². The zero-order chi connectivity index (χ0) is 18.5. The summed E-state index contributed by atoms with van der Waals surface area (Å²) in [7, 11) is 1.60. The smallest absolute Gasteiger partial charge is 0.324 e. The number of ether oxygens (including phenoxy) is 1. The van der Waals surface area contributed by atoms with Crippen LogP contribution in [0.15, 0.2) is 48.5 Å². The van der Waals surface area contributed by atoms with Gasteiger partial charge in [-0.05, 0) is 35.4 Å². The molecule has 1 saturated heterocycles. The highest BCUT2D eigenvalue weighted by Gasteiger charge is 2.28. The van der Waals surface area contributed by atoms with Crippen LogP contribution >= 0.6 is 0 Å². The molecule has 0 unspecified atom stereocenters. The molecule has 0 radical (unpaired) electrons. The number of nitrogens with zero attached hydrogens (tertiary/aromatic N) is 1. The van der Waals surface area contributed by atoms with Crippen molar-refractivity contribution in [3.05, 3.63) is 65.2 Å². The normalized spacial score (nSPS) is 13.5. The van der Waals surface area contributed by atoms with E-state index in [1.807, 2.05) is 24.3 Å². The van der Waals surface area contributed by atoms with Crippen LogP contribution in [0, 0.1) is 0 Å². The van der Waals surface area contributed by atoms with Crippen molar-refractivity contribution < 1.29 is 19.1 Å². The monoisotopic (exact) mass is 353 g/mol. The van der Waals surface area contributed by atoms with Gasteiger partial charge < -0.3 is 15.4 Å². The molecule has 2 aromatic rings. The molecule has 26 heavy (non-hydrogen) atoms. The van der Waals surface area contributed by atoms with Crippen LogP contribution in [0.25, 0.3) is 0 Å². The number of rotatable bonds is 6. The molecule has 7 nitrogen and oxygen atoms in total. The lowest BCUT2D eigenvalue weighted by Crippen LogP contribution is -2.30. The molecule has 0 aliphatic carbocycles. The zero-order valence-electron chi connectivity index (χ0n) is 14.3. The van der Waals surface area contributed by atoms with Crippen molar-refractivity contribution >= 4 is 17.8 Å². The molecule has 134 valence electrons. The molecule has 4 amide bonds. The van der Waals surface area contributed by atoms with Crippen LogP contribution in [0.4, 0.5) is 4.79 Å². The molecular formula is C19H19N3O4. The Kier molecular flexibility index (Phi) is 5.17. The van der Waals surface area contributed by atoms with Crippen LogP contribution in [0.2, 0.25) is 0 Å². The number of hydrogen-bond acceptors (Lipinski definition) is 4. The van der Waals surface area contributed by atoms with Gasteiger partial charge in [0.15, 0.2) is 0 Å². The predicted octanol–water partition coefficient (Wildman–Crippen LogP) is 1.68. The number of amides is 4. The molecule has 1 heterocycles. The van der Waals surface area contributed by atoms with Gasteiger partial charge in [-0.25, -0.2) is 4.79 Å². The second kappa shape index (κ2) is 7.69. The van der Waals surface area contributed by atoms with Gasteiger partial charge in [-0.1, -0.05) is 24.3 Å². The largest absolute Gasteiger partial charge is 0.497 e. The van der Waals surface area contributed by atoms with E-state index in [0.717, 1.165) is 16.2 Å². The lowest BCUT2D eigenvalue weighted by molar-refractivity contribution is -0.125.